The molecule has 1 atom stereocenters. The maximum absolute atomic E-state index is 12.5. The molecule has 0 unspecified atom stereocenters. The molecule has 3 rings (SSSR count). The lowest BCUT2D eigenvalue weighted by molar-refractivity contribution is -0.384. The number of nitro benzene ring substituents is 1. The Morgan fingerprint density at radius 1 is 1.40 bits per heavy atom. The van der Waals surface area contributed by atoms with E-state index in [-0.39, 0.29) is 24.2 Å². The van der Waals surface area contributed by atoms with E-state index in [1.54, 1.807) is 6.07 Å². The molecule has 0 spiro atoms. The Hall–Kier alpha value is -2.67. The Morgan fingerprint density at radius 2 is 2.20 bits per heavy atom. The summed E-state index contributed by atoms with van der Waals surface area (Å²) in [5.74, 6) is -0.148. The first-order chi connectivity index (χ1) is 12.0. The highest BCUT2D eigenvalue weighted by atomic mass is 16.6. The highest BCUT2D eigenvalue weighted by molar-refractivity contribution is 5.93. The number of hydrogen-bond acceptors (Lipinski definition) is 4. The fourth-order valence-corrected chi connectivity index (χ4v) is 3.40. The minimum absolute atomic E-state index is 0.0243. The molecule has 1 N–H and O–H groups in total. The number of nitrogens with one attached hydrogen (secondary N) is 1. The maximum Gasteiger partial charge on any atom is 0.271 e. The monoisotopic (exact) mass is 342 g/mol. The summed E-state index contributed by atoms with van der Waals surface area (Å²) >= 11 is 0. The van der Waals surface area contributed by atoms with Gasteiger partial charge in [0.1, 0.15) is 0 Å². The third kappa shape index (κ3) is 3.71. The van der Waals surface area contributed by atoms with E-state index in [1.165, 1.54) is 17.8 Å². The summed E-state index contributed by atoms with van der Waals surface area (Å²) in [5, 5.41) is 13.7. The Labute approximate surface area is 146 Å². The van der Waals surface area contributed by atoms with Crippen LogP contribution in [0.4, 0.5) is 11.4 Å². The van der Waals surface area contributed by atoms with Gasteiger partial charge in [-0.05, 0) is 44.0 Å². The fraction of sp³-hybridized carbons (Fsp3) is 0.389. The lowest BCUT2D eigenvalue weighted by Gasteiger charge is -2.24. The Morgan fingerprint density at radius 3 is 2.88 bits per heavy atom. The first-order valence-corrected chi connectivity index (χ1v) is 8.36. The smallest absolute Gasteiger partial charge is 0.271 e. The summed E-state index contributed by atoms with van der Waals surface area (Å²) in [5.41, 5.74) is 2.48. The van der Waals surface area contributed by atoms with E-state index in [4.69, 9.17) is 0 Å². The Bertz CT molecular complexity index is 799. The van der Waals surface area contributed by atoms with E-state index in [9.17, 15) is 14.9 Å². The Balaban J connectivity index is 1.69. The third-order valence-electron chi connectivity index (χ3n) is 4.74. The number of anilines is 1. The van der Waals surface area contributed by atoms with E-state index < -0.39 is 4.92 Å². The topological polar surface area (TPSA) is 80.4 Å². The second kappa shape index (κ2) is 7.06. The van der Waals surface area contributed by atoms with Crippen molar-refractivity contribution in [3.05, 3.63) is 57.9 Å². The van der Waals surface area contributed by atoms with E-state index in [2.05, 4.69) is 20.9 Å². The van der Waals surface area contributed by atoms with E-state index in [0.29, 0.717) is 5.69 Å². The number of rotatable bonds is 5. The predicted molar refractivity (Wildman–Crippen MR) is 95.4 cm³/mol. The minimum atomic E-state index is -0.457. The zero-order chi connectivity index (χ0) is 18.0. The molecule has 1 aliphatic rings. The first-order valence-electron chi connectivity index (χ1n) is 8.36. The van der Waals surface area contributed by atoms with Crippen molar-refractivity contribution < 1.29 is 9.72 Å². The van der Waals surface area contributed by atoms with Crippen molar-refractivity contribution in [3.8, 4) is 0 Å². The van der Waals surface area contributed by atoms with Crippen LogP contribution in [0.5, 0.6) is 0 Å². The molecule has 7 nitrogen and oxygen atoms in total. The number of likely N-dealkylation sites (tertiary alicyclic amines) is 1. The molecule has 1 aliphatic heterocycles. The first kappa shape index (κ1) is 17.2. The van der Waals surface area contributed by atoms with Gasteiger partial charge in [-0.1, -0.05) is 6.07 Å². The molecule has 1 saturated heterocycles. The summed E-state index contributed by atoms with van der Waals surface area (Å²) < 4.78 is 2.09. The number of carbonyl (C=O) groups excluding carboxylic acids is 1. The second-order valence-corrected chi connectivity index (χ2v) is 6.48. The van der Waals surface area contributed by atoms with Crippen LogP contribution in [-0.4, -0.2) is 33.4 Å². The quantitative estimate of drug-likeness (QED) is 0.669. The molecule has 7 heteroatoms. The molecule has 25 heavy (non-hydrogen) atoms. The summed E-state index contributed by atoms with van der Waals surface area (Å²) in [6.07, 6.45) is 4.10. The van der Waals surface area contributed by atoms with Gasteiger partial charge in [0.25, 0.3) is 5.69 Å². The van der Waals surface area contributed by atoms with Gasteiger partial charge in [-0.25, -0.2) is 0 Å². The molecule has 1 aromatic carbocycles. The summed E-state index contributed by atoms with van der Waals surface area (Å²) in [4.78, 5) is 25.1. The molecule has 0 bridgehead atoms. The molecule has 1 aromatic heterocycles. The fourth-order valence-electron chi connectivity index (χ4n) is 3.40. The highest BCUT2D eigenvalue weighted by Crippen LogP contribution is 2.31. The normalized spacial score (nSPS) is 17.6. The van der Waals surface area contributed by atoms with Crippen molar-refractivity contribution in [3.63, 3.8) is 0 Å². The number of non-ortho nitro benzene ring substituents is 1. The van der Waals surface area contributed by atoms with Crippen molar-refractivity contribution in [1.82, 2.24) is 9.47 Å². The van der Waals surface area contributed by atoms with Crippen LogP contribution in [0.2, 0.25) is 0 Å². The van der Waals surface area contributed by atoms with Crippen LogP contribution < -0.4 is 5.32 Å². The van der Waals surface area contributed by atoms with Gasteiger partial charge in [-0.3, -0.25) is 19.8 Å². The van der Waals surface area contributed by atoms with Gasteiger partial charge in [-0.15, -0.1) is 0 Å². The predicted octanol–water partition coefficient (Wildman–Crippen LogP) is 3.02. The molecular formula is C18H22N4O3. The van der Waals surface area contributed by atoms with Gasteiger partial charge >= 0.3 is 0 Å². The minimum Gasteiger partial charge on any atom is -0.353 e. The average Bonchev–Trinajstić information content (AvgIpc) is 3.17. The van der Waals surface area contributed by atoms with E-state index >= 15 is 0 Å². The van der Waals surface area contributed by atoms with Crippen LogP contribution in [0.3, 0.4) is 0 Å². The number of aryl methyl sites for hydroxylation is 2. The van der Waals surface area contributed by atoms with Crippen LogP contribution in [0.15, 0.2) is 36.5 Å². The second-order valence-electron chi connectivity index (χ2n) is 6.48. The van der Waals surface area contributed by atoms with E-state index in [0.717, 1.165) is 24.9 Å². The SMILES string of the molecule is Cc1ccc([N+](=O)[O-])cc1NC(=O)CN1CCC[C@H]1c1cccn1C. The standard InChI is InChI=1S/C18H22N4O3/c1-13-7-8-14(22(24)25)11-15(13)19-18(23)12-21-10-4-6-17(21)16-5-3-9-20(16)2/h3,5,7-9,11,17H,4,6,10,12H2,1-2H3,(H,19,23)/t17-/m0/s1. The van der Waals surface area contributed by atoms with Gasteiger partial charge in [0.05, 0.1) is 23.2 Å². The van der Waals surface area contributed by atoms with Crippen LogP contribution in [-0.2, 0) is 11.8 Å². The van der Waals surface area contributed by atoms with Crippen LogP contribution >= 0.6 is 0 Å². The van der Waals surface area contributed by atoms with Gasteiger partial charge in [-0.2, -0.15) is 0 Å². The van der Waals surface area contributed by atoms with Crippen molar-refractivity contribution in [2.45, 2.75) is 25.8 Å². The van der Waals surface area contributed by atoms with E-state index in [1.807, 2.05) is 26.2 Å². The number of nitrogens with zero attached hydrogens (tertiary/aromatic N) is 3. The van der Waals surface area contributed by atoms with Gasteiger partial charge < -0.3 is 9.88 Å². The molecule has 0 aliphatic carbocycles. The number of aromatic nitrogens is 1. The number of carbonyl (C=O) groups is 1. The lowest BCUT2D eigenvalue weighted by atomic mass is 10.1. The Kier molecular flexibility index (Phi) is 4.85. The molecule has 1 fully saturated rings. The summed E-state index contributed by atoms with van der Waals surface area (Å²) in [7, 11) is 2.01. The zero-order valence-electron chi connectivity index (χ0n) is 14.4. The number of amides is 1. The summed E-state index contributed by atoms with van der Waals surface area (Å²) in [6, 6.07) is 8.83. The maximum atomic E-state index is 12.5. The van der Waals surface area contributed by atoms with Gasteiger partial charge in [0.2, 0.25) is 5.91 Å². The lowest BCUT2D eigenvalue weighted by Crippen LogP contribution is -2.33. The number of hydrogen-bond donors (Lipinski definition) is 1. The molecule has 0 radical (unpaired) electrons. The molecule has 132 valence electrons. The third-order valence-corrected chi connectivity index (χ3v) is 4.74. The van der Waals surface area contributed by atoms with Gasteiger partial charge in [0.15, 0.2) is 0 Å². The van der Waals surface area contributed by atoms with Crippen LogP contribution in [0.1, 0.15) is 30.1 Å². The molecule has 0 saturated carbocycles. The van der Waals surface area contributed by atoms with Crippen molar-refractivity contribution in [2.24, 2.45) is 7.05 Å². The summed E-state index contributed by atoms with van der Waals surface area (Å²) in [6.45, 7) is 2.97. The molecular weight excluding hydrogens is 320 g/mol. The molecule has 2 aromatic rings. The van der Waals surface area contributed by atoms with Crippen LogP contribution in [0, 0.1) is 17.0 Å². The van der Waals surface area contributed by atoms with Crippen LogP contribution in [0.25, 0.3) is 0 Å². The number of benzene rings is 1. The van der Waals surface area contributed by atoms with Gasteiger partial charge in [0, 0.05) is 31.1 Å². The van der Waals surface area contributed by atoms with Crippen molar-refractivity contribution in [1.29, 1.82) is 0 Å². The largest absolute Gasteiger partial charge is 0.353 e. The molecule has 2 heterocycles. The van der Waals surface area contributed by atoms with Crippen molar-refractivity contribution in [2.75, 3.05) is 18.4 Å². The number of nitro groups is 1. The zero-order valence-corrected chi connectivity index (χ0v) is 14.4. The van der Waals surface area contributed by atoms with Crippen molar-refractivity contribution >= 4 is 17.3 Å². The molecule has 1 amide bonds. The average molecular weight is 342 g/mol. The highest BCUT2D eigenvalue weighted by Gasteiger charge is 2.29.